The first-order valence-corrected chi connectivity index (χ1v) is 6.87. The molecule has 4 heteroatoms. The molecule has 2 aliphatic rings. The highest BCUT2D eigenvalue weighted by atomic mass is 16.2. The molecular formula is C13H25N3O. The molecule has 1 amide bonds. The predicted molar refractivity (Wildman–Crippen MR) is 68.5 cm³/mol. The molecule has 1 saturated heterocycles. The van der Waals surface area contributed by atoms with Crippen LogP contribution in [0.1, 0.15) is 32.1 Å². The van der Waals surface area contributed by atoms with Crippen LogP contribution < -0.4 is 11.1 Å². The number of rotatable bonds is 5. The summed E-state index contributed by atoms with van der Waals surface area (Å²) in [6.07, 6.45) is 5.77. The number of likely N-dealkylation sites (tertiary alicyclic amines) is 1. The largest absolute Gasteiger partial charge is 0.354 e. The number of piperidine rings is 1. The molecule has 0 aromatic carbocycles. The van der Waals surface area contributed by atoms with Crippen LogP contribution in [0.4, 0.5) is 0 Å². The van der Waals surface area contributed by atoms with Crippen LogP contribution in [-0.2, 0) is 4.79 Å². The lowest BCUT2D eigenvalue weighted by atomic mass is 9.97. The molecule has 0 unspecified atom stereocenters. The van der Waals surface area contributed by atoms with Gasteiger partial charge in [-0.3, -0.25) is 4.79 Å². The van der Waals surface area contributed by atoms with Crippen LogP contribution in [0.25, 0.3) is 0 Å². The van der Waals surface area contributed by atoms with Gasteiger partial charge >= 0.3 is 0 Å². The van der Waals surface area contributed by atoms with Crippen molar-refractivity contribution in [1.82, 2.24) is 10.2 Å². The Hall–Kier alpha value is -0.610. The number of nitrogens with one attached hydrogen (secondary N) is 1. The van der Waals surface area contributed by atoms with Crippen molar-refractivity contribution >= 4 is 5.91 Å². The van der Waals surface area contributed by atoms with E-state index in [-0.39, 0.29) is 11.9 Å². The van der Waals surface area contributed by atoms with Gasteiger partial charge in [-0.1, -0.05) is 12.8 Å². The zero-order chi connectivity index (χ0) is 12.3. The van der Waals surface area contributed by atoms with Gasteiger partial charge in [-0.15, -0.1) is 0 Å². The topological polar surface area (TPSA) is 58.4 Å². The summed E-state index contributed by atoms with van der Waals surface area (Å²) < 4.78 is 0. The Morgan fingerprint density at radius 1 is 1.29 bits per heavy atom. The van der Waals surface area contributed by atoms with Gasteiger partial charge in [-0.05, 0) is 51.2 Å². The number of amides is 1. The monoisotopic (exact) mass is 239 g/mol. The van der Waals surface area contributed by atoms with Crippen LogP contribution in [-0.4, -0.2) is 43.5 Å². The van der Waals surface area contributed by atoms with Crippen LogP contribution in [0, 0.1) is 11.8 Å². The number of carbonyl (C=O) groups excluding carboxylic acids is 1. The third-order valence-electron chi connectivity index (χ3n) is 4.02. The summed E-state index contributed by atoms with van der Waals surface area (Å²) in [6, 6.07) is -0.284. The number of hydrogen-bond donors (Lipinski definition) is 2. The molecule has 3 N–H and O–H groups in total. The van der Waals surface area contributed by atoms with Crippen LogP contribution in [0.15, 0.2) is 0 Å². The third kappa shape index (κ3) is 4.28. The van der Waals surface area contributed by atoms with Gasteiger partial charge in [0.05, 0.1) is 6.04 Å². The summed E-state index contributed by atoms with van der Waals surface area (Å²) in [5.41, 5.74) is 5.88. The van der Waals surface area contributed by atoms with Gasteiger partial charge in [0.15, 0.2) is 0 Å². The number of nitrogens with zero attached hydrogens (tertiary/aromatic N) is 1. The molecular weight excluding hydrogens is 214 g/mol. The van der Waals surface area contributed by atoms with Crippen molar-refractivity contribution in [1.29, 1.82) is 0 Å². The maximum atomic E-state index is 11.8. The molecule has 0 aromatic heterocycles. The highest BCUT2D eigenvalue weighted by molar-refractivity contribution is 5.81. The normalized spacial score (nSPS) is 24.6. The Labute approximate surface area is 104 Å². The Bertz CT molecular complexity index is 257. The molecule has 2 rings (SSSR count). The first-order valence-electron chi connectivity index (χ1n) is 6.87. The minimum absolute atomic E-state index is 0.0517. The summed E-state index contributed by atoms with van der Waals surface area (Å²) in [6.45, 7) is 3.11. The lowest BCUT2D eigenvalue weighted by Gasteiger charge is -2.29. The summed E-state index contributed by atoms with van der Waals surface area (Å²) >= 11 is 0. The van der Waals surface area contributed by atoms with Crippen molar-refractivity contribution < 1.29 is 4.79 Å². The zero-order valence-electron chi connectivity index (χ0n) is 10.8. The second kappa shape index (κ2) is 5.83. The van der Waals surface area contributed by atoms with E-state index in [1.807, 2.05) is 0 Å². The maximum Gasteiger partial charge on any atom is 0.236 e. The Balaban J connectivity index is 1.61. The zero-order valence-corrected chi connectivity index (χ0v) is 10.8. The molecule has 0 radical (unpaired) electrons. The van der Waals surface area contributed by atoms with E-state index in [2.05, 4.69) is 17.3 Å². The van der Waals surface area contributed by atoms with E-state index < -0.39 is 0 Å². The average molecular weight is 239 g/mol. The molecule has 2 fully saturated rings. The van der Waals surface area contributed by atoms with Crippen molar-refractivity contribution in [3.05, 3.63) is 0 Å². The molecule has 98 valence electrons. The maximum absolute atomic E-state index is 11.8. The fraction of sp³-hybridized carbons (Fsp3) is 0.923. The lowest BCUT2D eigenvalue weighted by Crippen LogP contribution is -2.44. The molecule has 1 saturated carbocycles. The SMILES string of the molecule is CN1CCC(CNC(=O)[C@@H](N)CC2CC2)CC1. The predicted octanol–water partition coefficient (Wildman–Crippen LogP) is 0.572. The summed E-state index contributed by atoms with van der Waals surface area (Å²) in [4.78, 5) is 14.1. The van der Waals surface area contributed by atoms with E-state index in [1.165, 1.54) is 25.7 Å². The average Bonchev–Trinajstić information content (AvgIpc) is 3.11. The van der Waals surface area contributed by atoms with Crippen LogP contribution >= 0.6 is 0 Å². The molecule has 1 atom stereocenters. The Morgan fingerprint density at radius 3 is 2.53 bits per heavy atom. The van der Waals surface area contributed by atoms with E-state index in [9.17, 15) is 4.79 Å². The van der Waals surface area contributed by atoms with E-state index in [1.54, 1.807) is 0 Å². The van der Waals surface area contributed by atoms with Gasteiger partial charge in [0.2, 0.25) is 5.91 Å². The van der Waals surface area contributed by atoms with E-state index in [0.29, 0.717) is 5.92 Å². The highest BCUT2D eigenvalue weighted by Gasteiger charge is 2.27. The fourth-order valence-corrected chi connectivity index (χ4v) is 2.46. The van der Waals surface area contributed by atoms with Crippen LogP contribution in [0.3, 0.4) is 0 Å². The van der Waals surface area contributed by atoms with E-state index in [4.69, 9.17) is 5.73 Å². The van der Waals surface area contributed by atoms with Gasteiger partial charge in [0.1, 0.15) is 0 Å². The standard InChI is InChI=1S/C13H25N3O/c1-16-6-4-11(5-7-16)9-15-13(17)12(14)8-10-2-3-10/h10-12H,2-9,14H2,1H3,(H,15,17)/t12-/m0/s1. The van der Waals surface area contributed by atoms with Crippen molar-refractivity contribution in [3.8, 4) is 0 Å². The first kappa shape index (κ1) is 12.8. The lowest BCUT2D eigenvalue weighted by molar-refractivity contribution is -0.122. The molecule has 1 aliphatic carbocycles. The summed E-state index contributed by atoms with van der Waals surface area (Å²) in [5.74, 6) is 1.41. The molecule has 1 heterocycles. The second-order valence-corrected chi connectivity index (χ2v) is 5.78. The fourth-order valence-electron chi connectivity index (χ4n) is 2.46. The smallest absolute Gasteiger partial charge is 0.236 e. The van der Waals surface area contributed by atoms with Crippen LogP contribution in [0.5, 0.6) is 0 Å². The minimum atomic E-state index is -0.284. The minimum Gasteiger partial charge on any atom is -0.354 e. The Morgan fingerprint density at radius 2 is 1.94 bits per heavy atom. The summed E-state index contributed by atoms with van der Waals surface area (Å²) in [5, 5.41) is 3.02. The molecule has 1 aliphatic heterocycles. The quantitative estimate of drug-likeness (QED) is 0.737. The van der Waals surface area contributed by atoms with Gasteiger partial charge in [0, 0.05) is 6.54 Å². The van der Waals surface area contributed by atoms with E-state index in [0.717, 1.165) is 32.0 Å². The second-order valence-electron chi connectivity index (χ2n) is 5.78. The van der Waals surface area contributed by atoms with Crippen molar-refractivity contribution in [3.63, 3.8) is 0 Å². The van der Waals surface area contributed by atoms with Crippen molar-refractivity contribution in [2.75, 3.05) is 26.7 Å². The first-order chi connectivity index (χ1) is 8.15. The summed E-state index contributed by atoms with van der Waals surface area (Å²) in [7, 11) is 2.15. The number of nitrogens with two attached hydrogens (primary N) is 1. The number of hydrogen-bond acceptors (Lipinski definition) is 3. The molecule has 0 bridgehead atoms. The molecule has 4 nitrogen and oxygen atoms in total. The van der Waals surface area contributed by atoms with Gasteiger partial charge in [-0.2, -0.15) is 0 Å². The van der Waals surface area contributed by atoms with Crippen molar-refractivity contribution in [2.24, 2.45) is 17.6 Å². The van der Waals surface area contributed by atoms with Gasteiger partial charge < -0.3 is 16.0 Å². The highest BCUT2D eigenvalue weighted by Crippen LogP contribution is 2.33. The Kier molecular flexibility index (Phi) is 4.40. The molecule has 17 heavy (non-hydrogen) atoms. The van der Waals surface area contributed by atoms with E-state index >= 15 is 0 Å². The molecule has 0 spiro atoms. The van der Waals surface area contributed by atoms with Gasteiger partial charge in [-0.25, -0.2) is 0 Å². The van der Waals surface area contributed by atoms with Crippen LogP contribution in [0.2, 0.25) is 0 Å². The van der Waals surface area contributed by atoms with Crippen molar-refractivity contribution in [2.45, 2.75) is 38.1 Å². The molecule has 0 aromatic rings. The van der Waals surface area contributed by atoms with Gasteiger partial charge in [0.25, 0.3) is 0 Å². The third-order valence-corrected chi connectivity index (χ3v) is 4.02. The number of carbonyl (C=O) groups is 1.